The fraction of sp³-hybridized carbons (Fsp3) is 0.143. The van der Waals surface area contributed by atoms with Gasteiger partial charge < -0.3 is 0 Å². The number of pyridine rings is 1. The molecule has 4 nitrogen and oxygen atoms in total. The first-order chi connectivity index (χ1) is 9.58. The van der Waals surface area contributed by atoms with Crippen LogP contribution in [0.3, 0.4) is 0 Å². The van der Waals surface area contributed by atoms with Crippen molar-refractivity contribution < 1.29 is 4.39 Å². The Morgan fingerprint density at radius 2 is 2.20 bits per heavy atom. The Bertz CT molecular complexity index is 712. The molecule has 6 heteroatoms. The standard InChI is InChI=1S/C14H9ClFN3O/c1-8(19-20)14-11(6-18-7-13(14)16)9-2-3-10(5-17)12(15)4-9/h2-4,6-8H,1H3. The van der Waals surface area contributed by atoms with E-state index in [0.717, 1.165) is 6.20 Å². The van der Waals surface area contributed by atoms with E-state index in [-0.39, 0.29) is 10.6 Å². The largest absolute Gasteiger partial charge is 0.261 e. The summed E-state index contributed by atoms with van der Waals surface area (Å²) in [5.74, 6) is -0.602. The number of aromatic nitrogens is 1. The summed E-state index contributed by atoms with van der Waals surface area (Å²) in [7, 11) is 0. The molecule has 0 aliphatic heterocycles. The fourth-order valence-electron chi connectivity index (χ4n) is 1.93. The molecule has 0 aliphatic carbocycles. The quantitative estimate of drug-likeness (QED) is 0.794. The second-order valence-electron chi connectivity index (χ2n) is 4.17. The van der Waals surface area contributed by atoms with Crippen LogP contribution in [0, 0.1) is 22.1 Å². The second kappa shape index (κ2) is 5.76. The third-order valence-corrected chi connectivity index (χ3v) is 3.23. The lowest BCUT2D eigenvalue weighted by molar-refractivity contribution is 0.588. The van der Waals surface area contributed by atoms with Crippen molar-refractivity contribution in [2.75, 3.05) is 0 Å². The lowest BCUT2D eigenvalue weighted by atomic mass is 9.97. The van der Waals surface area contributed by atoms with Crippen LogP contribution in [0.15, 0.2) is 35.8 Å². The Morgan fingerprint density at radius 3 is 2.80 bits per heavy atom. The maximum Gasteiger partial charge on any atom is 0.147 e. The van der Waals surface area contributed by atoms with Crippen molar-refractivity contribution in [3.05, 3.63) is 57.5 Å². The minimum atomic E-state index is -0.845. The molecule has 2 rings (SSSR count). The van der Waals surface area contributed by atoms with Crippen LogP contribution in [0.25, 0.3) is 11.1 Å². The zero-order valence-electron chi connectivity index (χ0n) is 10.5. The minimum Gasteiger partial charge on any atom is -0.261 e. The van der Waals surface area contributed by atoms with E-state index >= 15 is 0 Å². The van der Waals surface area contributed by atoms with Crippen LogP contribution in [0.5, 0.6) is 0 Å². The number of benzene rings is 1. The Morgan fingerprint density at radius 1 is 1.45 bits per heavy atom. The predicted molar refractivity (Wildman–Crippen MR) is 73.6 cm³/mol. The summed E-state index contributed by atoms with van der Waals surface area (Å²) in [6.45, 7) is 1.50. The monoisotopic (exact) mass is 289 g/mol. The Hall–Kier alpha value is -2.32. The molecule has 0 bridgehead atoms. The van der Waals surface area contributed by atoms with Gasteiger partial charge in [0.2, 0.25) is 0 Å². The number of nitrogens with zero attached hydrogens (tertiary/aromatic N) is 3. The van der Waals surface area contributed by atoms with Crippen molar-refractivity contribution in [3.8, 4) is 17.2 Å². The zero-order valence-corrected chi connectivity index (χ0v) is 11.2. The van der Waals surface area contributed by atoms with Gasteiger partial charge >= 0.3 is 0 Å². The molecule has 0 radical (unpaired) electrons. The lowest BCUT2D eigenvalue weighted by Gasteiger charge is -2.12. The highest BCUT2D eigenvalue weighted by atomic mass is 35.5. The SMILES string of the molecule is CC(N=O)c1c(F)cncc1-c1ccc(C#N)c(Cl)c1. The summed E-state index contributed by atoms with van der Waals surface area (Å²) in [6, 6.07) is 5.80. The van der Waals surface area contributed by atoms with Crippen LogP contribution in [-0.4, -0.2) is 4.98 Å². The molecule has 1 aromatic carbocycles. The maximum absolute atomic E-state index is 13.9. The average Bonchev–Trinajstić information content (AvgIpc) is 2.46. The third-order valence-electron chi connectivity index (χ3n) is 2.92. The van der Waals surface area contributed by atoms with Crippen molar-refractivity contribution in [3.63, 3.8) is 0 Å². The molecule has 0 amide bonds. The van der Waals surface area contributed by atoms with Gasteiger partial charge in [0.15, 0.2) is 0 Å². The van der Waals surface area contributed by atoms with Crippen molar-refractivity contribution in [2.24, 2.45) is 5.18 Å². The first kappa shape index (κ1) is 14.1. The first-order valence-corrected chi connectivity index (χ1v) is 6.12. The van der Waals surface area contributed by atoms with Gasteiger partial charge in [0.25, 0.3) is 0 Å². The number of hydrogen-bond acceptors (Lipinski definition) is 4. The van der Waals surface area contributed by atoms with Gasteiger partial charge in [0, 0.05) is 17.3 Å². The van der Waals surface area contributed by atoms with Crippen molar-refractivity contribution in [2.45, 2.75) is 13.0 Å². The highest BCUT2D eigenvalue weighted by Gasteiger charge is 2.18. The molecular weight excluding hydrogens is 281 g/mol. The van der Waals surface area contributed by atoms with Gasteiger partial charge in [-0.2, -0.15) is 10.2 Å². The topological polar surface area (TPSA) is 66.1 Å². The third kappa shape index (κ3) is 2.51. The fourth-order valence-corrected chi connectivity index (χ4v) is 2.15. The van der Waals surface area contributed by atoms with Gasteiger partial charge in [-0.05, 0) is 24.6 Å². The van der Waals surface area contributed by atoms with Crippen LogP contribution in [0.1, 0.15) is 24.1 Å². The summed E-state index contributed by atoms with van der Waals surface area (Å²) >= 11 is 5.96. The number of halogens is 2. The summed E-state index contributed by atoms with van der Waals surface area (Å²) < 4.78 is 13.9. The zero-order chi connectivity index (χ0) is 14.7. The Kier molecular flexibility index (Phi) is 4.06. The number of nitriles is 1. The minimum absolute atomic E-state index is 0.163. The predicted octanol–water partition coefficient (Wildman–Crippen LogP) is 4.24. The van der Waals surface area contributed by atoms with Gasteiger partial charge in [-0.25, -0.2) is 4.39 Å². The van der Waals surface area contributed by atoms with Crippen molar-refractivity contribution in [1.82, 2.24) is 4.98 Å². The van der Waals surface area contributed by atoms with Crippen LogP contribution < -0.4 is 0 Å². The molecule has 1 unspecified atom stereocenters. The molecule has 0 spiro atoms. The normalized spacial score (nSPS) is 11.7. The van der Waals surface area contributed by atoms with Crippen LogP contribution in [0.2, 0.25) is 5.02 Å². The molecule has 20 heavy (non-hydrogen) atoms. The molecule has 1 aromatic heterocycles. The molecule has 100 valence electrons. The molecule has 2 aromatic rings. The van der Waals surface area contributed by atoms with Gasteiger partial charge in [-0.15, -0.1) is 0 Å². The summed E-state index contributed by atoms with van der Waals surface area (Å²) in [6.07, 6.45) is 2.48. The second-order valence-corrected chi connectivity index (χ2v) is 4.58. The Balaban J connectivity index is 2.64. The van der Waals surface area contributed by atoms with Gasteiger partial charge in [0.05, 0.1) is 16.8 Å². The molecule has 1 heterocycles. The average molecular weight is 290 g/mol. The highest BCUT2D eigenvalue weighted by Crippen LogP contribution is 2.33. The lowest BCUT2D eigenvalue weighted by Crippen LogP contribution is -1.99. The highest BCUT2D eigenvalue weighted by molar-refractivity contribution is 6.32. The molecule has 0 saturated heterocycles. The smallest absolute Gasteiger partial charge is 0.147 e. The van der Waals surface area contributed by atoms with Crippen LogP contribution in [-0.2, 0) is 0 Å². The molecule has 0 saturated carbocycles. The maximum atomic E-state index is 13.9. The molecule has 0 N–H and O–H groups in total. The summed E-state index contributed by atoms with van der Waals surface area (Å²) in [5, 5.41) is 12.0. The van der Waals surface area contributed by atoms with Crippen molar-refractivity contribution >= 4 is 11.6 Å². The van der Waals surface area contributed by atoms with E-state index in [0.29, 0.717) is 16.7 Å². The van der Waals surface area contributed by atoms with Crippen molar-refractivity contribution in [1.29, 1.82) is 5.26 Å². The summed E-state index contributed by atoms with van der Waals surface area (Å²) in [5.41, 5.74) is 1.49. The number of nitroso groups, excluding NO2 is 1. The van der Waals surface area contributed by atoms with Crippen LogP contribution in [0.4, 0.5) is 4.39 Å². The van der Waals surface area contributed by atoms with E-state index in [1.165, 1.54) is 25.3 Å². The molecule has 1 atom stereocenters. The van der Waals surface area contributed by atoms with Crippen LogP contribution >= 0.6 is 11.6 Å². The van der Waals surface area contributed by atoms with E-state index in [1.807, 2.05) is 6.07 Å². The number of hydrogen-bond donors (Lipinski definition) is 0. The van der Waals surface area contributed by atoms with E-state index in [9.17, 15) is 9.30 Å². The molecule has 0 aliphatic rings. The molecule has 0 fully saturated rings. The van der Waals surface area contributed by atoms with E-state index < -0.39 is 11.9 Å². The van der Waals surface area contributed by atoms with Gasteiger partial charge in [-0.3, -0.25) is 4.98 Å². The summed E-state index contributed by atoms with van der Waals surface area (Å²) in [4.78, 5) is 14.5. The number of rotatable bonds is 3. The molecular formula is C14H9ClFN3O. The van der Waals surface area contributed by atoms with Gasteiger partial charge in [-0.1, -0.05) is 22.8 Å². The van der Waals surface area contributed by atoms with E-state index in [2.05, 4.69) is 10.2 Å². The first-order valence-electron chi connectivity index (χ1n) is 5.74. The van der Waals surface area contributed by atoms with E-state index in [4.69, 9.17) is 16.9 Å². The van der Waals surface area contributed by atoms with E-state index in [1.54, 1.807) is 6.07 Å². The Labute approximate surface area is 119 Å². The van der Waals surface area contributed by atoms with Gasteiger partial charge in [0.1, 0.15) is 17.9 Å².